The zero-order valence-corrected chi connectivity index (χ0v) is 31.9. The summed E-state index contributed by atoms with van der Waals surface area (Å²) >= 11 is 0. The summed E-state index contributed by atoms with van der Waals surface area (Å²) in [7, 11) is 0. The molecule has 0 fully saturated rings. The molecule has 0 amide bonds. The van der Waals surface area contributed by atoms with Crippen LogP contribution in [-0.4, -0.2) is 0 Å². The average molecular weight is 742 g/mol. The van der Waals surface area contributed by atoms with Crippen LogP contribution in [0.4, 0.5) is 17.1 Å². The molecule has 0 bridgehead atoms. The summed E-state index contributed by atoms with van der Waals surface area (Å²) < 4.78 is 6.34. The van der Waals surface area contributed by atoms with E-state index < -0.39 is 0 Å². The number of furan rings is 1. The third kappa shape index (κ3) is 6.89. The maximum Gasteiger partial charge on any atom is 0.136 e. The number of hydrogen-bond donors (Lipinski definition) is 0. The van der Waals surface area contributed by atoms with E-state index in [0.29, 0.717) is 0 Å². The van der Waals surface area contributed by atoms with E-state index >= 15 is 0 Å². The third-order valence-electron chi connectivity index (χ3n) is 10.9. The Morgan fingerprint density at radius 1 is 0.276 bits per heavy atom. The predicted octanol–water partition coefficient (Wildman–Crippen LogP) is 15.9. The van der Waals surface area contributed by atoms with E-state index in [1.54, 1.807) is 0 Å². The first kappa shape index (κ1) is 34.8. The van der Waals surface area contributed by atoms with Crippen molar-refractivity contribution in [3.8, 4) is 67.0 Å². The van der Waals surface area contributed by atoms with Crippen molar-refractivity contribution in [2.24, 2.45) is 0 Å². The maximum absolute atomic E-state index is 6.34. The average Bonchev–Trinajstić information content (AvgIpc) is 3.75. The number of fused-ring (bicyclic) bond motifs is 1. The first-order chi connectivity index (χ1) is 28.7. The largest absolute Gasteiger partial charge is 0.456 e. The fourth-order valence-electron chi connectivity index (χ4n) is 8.00. The van der Waals surface area contributed by atoms with Crippen LogP contribution in [0.25, 0.3) is 77.9 Å². The molecule has 0 saturated heterocycles. The van der Waals surface area contributed by atoms with E-state index in [4.69, 9.17) is 4.42 Å². The molecule has 0 atom stereocenters. The Morgan fingerprint density at radius 3 is 1.26 bits per heavy atom. The lowest BCUT2D eigenvalue weighted by Crippen LogP contribution is -2.11. The van der Waals surface area contributed by atoms with Crippen molar-refractivity contribution in [2.45, 2.75) is 0 Å². The molecule has 0 N–H and O–H groups in total. The molecule has 58 heavy (non-hydrogen) atoms. The quantitative estimate of drug-likeness (QED) is 0.146. The Labute approximate surface area is 339 Å². The number of hydrogen-bond acceptors (Lipinski definition) is 2. The minimum atomic E-state index is 0.865. The van der Waals surface area contributed by atoms with Gasteiger partial charge in [-0.25, -0.2) is 0 Å². The van der Waals surface area contributed by atoms with Crippen molar-refractivity contribution in [1.82, 2.24) is 0 Å². The lowest BCUT2D eigenvalue weighted by molar-refractivity contribution is 0.632. The first-order valence-electron chi connectivity index (χ1n) is 19.7. The molecule has 0 aliphatic heterocycles. The number of para-hydroxylation sites is 2. The van der Waals surface area contributed by atoms with Crippen LogP contribution < -0.4 is 4.90 Å². The minimum Gasteiger partial charge on any atom is -0.456 e. The van der Waals surface area contributed by atoms with E-state index in [1.807, 2.05) is 18.2 Å². The number of anilines is 3. The van der Waals surface area contributed by atoms with Crippen molar-refractivity contribution in [2.75, 3.05) is 4.90 Å². The van der Waals surface area contributed by atoms with Gasteiger partial charge in [0.15, 0.2) is 0 Å². The Kier molecular flexibility index (Phi) is 9.27. The van der Waals surface area contributed by atoms with Crippen molar-refractivity contribution < 1.29 is 4.42 Å². The van der Waals surface area contributed by atoms with Gasteiger partial charge >= 0.3 is 0 Å². The molecule has 0 aliphatic rings. The van der Waals surface area contributed by atoms with Gasteiger partial charge < -0.3 is 9.32 Å². The van der Waals surface area contributed by atoms with Crippen molar-refractivity contribution in [3.05, 3.63) is 237 Å². The highest BCUT2D eigenvalue weighted by atomic mass is 16.3. The van der Waals surface area contributed by atoms with Crippen LogP contribution in [0, 0.1) is 0 Å². The van der Waals surface area contributed by atoms with Crippen LogP contribution in [0.15, 0.2) is 241 Å². The van der Waals surface area contributed by atoms with Crippen LogP contribution in [0.5, 0.6) is 0 Å². The van der Waals surface area contributed by atoms with E-state index in [9.17, 15) is 0 Å². The fraction of sp³-hybridized carbons (Fsp3) is 0. The highest BCUT2D eigenvalue weighted by molar-refractivity contribution is 5.91. The molecule has 0 spiro atoms. The molecule has 2 heteroatoms. The molecule has 10 aromatic rings. The summed E-state index contributed by atoms with van der Waals surface area (Å²) in [5.41, 5.74) is 16.9. The van der Waals surface area contributed by atoms with Gasteiger partial charge in [-0.3, -0.25) is 0 Å². The second kappa shape index (κ2) is 15.5. The Balaban J connectivity index is 1.07. The van der Waals surface area contributed by atoms with Crippen LogP contribution in [0.1, 0.15) is 0 Å². The molecule has 1 heterocycles. The summed E-state index contributed by atoms with van der Waals surface area (Å²) in [4.78, 5) is 2.37. The smallest absolute Gasteiger partial charge is 0.136 e. The van der Waals surface area contributed by atoms with Crippen LogP contribution in [-0.2, 0) is 0 Å². The van der Waals surface area contributed by atoms with Crippen molar-refractivity contribution in [3.63, 3.8) is 0 Å². The molecule has 0 unspecified atom stereocenters. The molecule has 0 radical (unpaired) electrons. The lowest BCUT2D eigenvalue weighted by Gasteiger charge is -2.28. The minimum absolute atomic E-state index is 0.865. The second-order valence-corrected chi connectivity index (χ2v) is 14.5. The van der Waals surface area contributed by atoms with Crippen molar-refractivity contribution >= 4 is 28.0 Å². The van der Waals surface area contributed by atoms with Gasteiger partial charge in [0.2, 0.25) is 0 Å². The monoisotopic (exact) mass is 741 g/mol. The van der Waals surface area contributed by atoms with Crippen LogP contribution in [0.2, 0.25) is 0 Å². The van der Waals surface area contributed by atoms with Gasteiger partial charge in [-0.05, 0) is 111 Å². The molecule has 274 valence electrons. The Hall–Kier alpha value is -7.68. The van der Waals surface area contributed by atoms with E-state index in [-0.39, 0.29) is 0 Å². The highest BCUT2D eigenvalue weighted by Crippen LogP contribution is 2.43. The molecule has 9 aromatic carbocycles. The number of nitrogens with zero attached hydrogens (tertiary/aromatic N) is 1. The van der Waals surface area contributed by atoms with Gasteiger partial charge in [-0.1, -0.05) is 176 Å². The maximum atomic E-state index is 6.34. The van der Waals surface area contributed by atoms with Crippen LogP contribution >= 0.6 is 0 Å². The van der Waals surface area contributed by atoms with E-state index in [2.05, 4.69) is 223 Å². The molecular weight excluding hydrogens is 703 g/mol. The van der Waals surface area contributed by atoms with E-state index in [0.717, 1.165) is 61.6 Å². The lowest BCUT2D eigenvalue weighted by atomic mass is 9.93. The fourth-order valence-corrected chi connectivity index (χ4v) is 8.00. The zero-order valence-electron chi connectivity index (χ0n) is 31.9. The molecular formula is C56H39NO. The predicted molar refractivity (Wildman–Crippen MR) is 244 cm³/mol. The van der Waals surface area contributed by atoms with Gasteiger partial charge in [0.25, 0.3) is 0 Å². The summed E-state index contributed by atoms with van der Waals surface area (Å²) in [6.45, 7) is 0. The third-order valence-corrected chi connectivity index (χ3v) is 10.9. The summed E-state index contributed by atoms with van der Waals surface area (Å²) in [5.74, 6) is 0.865. The summed E-state index contributed by atoms with van der Waals surface area (Å²) in [5, 5.41) is 1.10. The molecule has 10 rings (SSSR count). The molecule has 0 saturated carbocycles. The topological polar surface area (TPSA) is 16.4 Å². The SMILES string of the molecule is c1ccc(-c2cc(-c3ccccc3)cc(-c3ccc(N(c4ccc(-c5ccccc5-c5cc6ccccc6o5)cc4)c4ccccc4-c4ccccc4)cc3)c2)cc1. The highest BCUT2D eigenvalue weighted by Gasteiger charge is 2.19. The normalized spacial score (nSPS) is 11.1. The van der Waals surface area contributed by atoms with Gasteiger partial charge in [0, 0.05) is 27.9 Å². The van der Waals surface area contributed by atoms with Crippen molar-refractivity contribution in [1.29, 1.82) is 0 Å². The summed E-state index contributed by atoms with van der Waals surface area (Å²) in [6, 6.07) is 84.2. The zero-order chi connectivity index (χ0) is 38.7. The first-order valence-corrected chi connectivity index (χ1v) is 19.7. The molecule has 0 aliphatic carbocycles. The van der Waals surface area contributed by atoms with Gasteiger partial charge in [0.1, 0.15) is 11.3 Å². The second-order valence-electron chi connectivity index (χ2n) is 14.5. The summed E-state index contributed by atoms with van der Waals surface area (Å²) in [6.07, 6.45) is 0. The number of rotatable bonds is 9. The molecule has 1 aromatic heterocycles. The van der Waals surface area contributed by atoms with Gasteiger partial charge in [-0.2, -0.15) is 0 Å². The Bertz CT molecular complexity index is 2880. The van der Waals surface area contributed by atoms with Gasteiger partial charge in [-0.15, -0.1) is 0 Å². The van der Waals surface area contributed by atoms with Gasteiger partial charge in [0.05, 0.1) is 5.69 Å². The number of benzene rings is 9. The van der Waals surface area contributed by atoms with E-state index in [1.165, 1.54) is 33.4 Å². The Morgan fingerprint density at radius 2 is 0.690 bits per heavy atom. The standard InChI is InChI=1S/C56H39NO/c1-4-16-40(17-5-1)46-36-47(41-18-6-2-7-19-41)38-48(37-46)42-28-32-49(33-29-42)57(54-26-14-13-24-52(54)43-20-8-3-9-21-43)50-34-30-44(31-35-50)51-23-11-12-25-53(51)56-39-45-22-10-15-27-55(45)58-56/h1-39H. The van der Waals surface area contributed by atoms with Crippen LogP contribution in [0.3, 0.4) is 0 Å². The molecule has 2 nitrogen and oxygen atoms in total.